The molecule has 1 N–H and O–H groups in total. The van der Waals surface area contributed by atoms with E-state index in [1.54, 1.807) is 0 Å². The van der Waals surface area contributed by atoms with E-state index < -0.39 is 22.2 Å². The van der Waals surface area contributed by atoms with Gasteiger partial charge in [-0.15, -0.1) is 11.6 Å². The van der Waals surface area contributed by atoms with Gasteiger partial charge < -0.3 is 5.11 Å². The molecule has 0 amide bonds. The number of alkyl halides is 1. The maximum Gasteiger partial charge on any atom is 0.312 e. The third-order valence-electron chi connectivity index (χ3n) is 1.70. The molecule has 0 unspecified atom stereocenters. The lowest BCUT2D eigenvalue weighted by molar-refractivity contribution is -0.385. The number of hydrogen-bond acceptors (Lipinski definition) is 3. The first-order valence-corrected chi connectivity index (χ1v) is 4.81. The van der Waals surface area contributed by atoms with Crippen molar-refractivity contribution < 1.29 is 14.4 Å². The zero-order valence-electron chi connectivity index (χ0n) is 8.04. The molecule has 6 heteroatoms. The van der Waals surface area contributed by atoms with Crippen molar-refractivity contribution in [2.75, 3.05) is 5.88 Å². The van der Waals surface area contributed by atoms with Gasteiger partial charge in [-0.3, -0.25) is 10.1 Å². The number of hydrogen-bond donors (Lipinski definition) is 1. The molecule has 0 saturated carbocycles. The highest BCUT2D eigenvalue weighted by atomic mass is 35.5. The Bertz CT molecular complexity index is 479. The summed E-state index contributed by atoms with van der Waals surface area (Å²) >= 11 is 5.37. The molecule has 84 valence electrons. The van der Waals surface area contributed by atoms with Gasteiger partial charge in [-0.1, -0.05) is 11.8 Å². The molecule has 0 aliphatic carbocycles. The number of nitrogens with zero attached hydrogens (tertiary/aromatic N) is 1. The lowest BCUT2D eigenvalue weighted by Crippen LogP contribution is -1.92. The molecule has 16 heavy (non-hydrogen) atoms. The van der Waals surface area contributed by atoms with Gasteiger partial charge in [-0.05, 0) is 0 Å². The first kappa shape index (κ1) is 12.3. The van der Waals surface area contributed by atoms with Gasteiger partial charge in [0.25, 0.3) is 0 Å². The molecule has 0 aliphatic heterocycles. The largest absolute Gasteiger partial charge is 0.502 e. The van der Waals surface area contributed by atoms with E-state index >= 15 is 0 Å². The van der Waals surface area contributed by atoms with E-state index in [1.807, 2.05) is 0 Å². The number of nitro groups is 1. The molecule has 0 bridgehead atoms. The Morgan fingerprint density at radius 3 is 2.81 bits per heavy atom. The Morgan fingerprint density at radius 1 is 1.56 bits per heavy atom. The van der Waals surface area contributed by atoms with Gasteiger partial charge in [-0.2, -0.15) is 0 Å². The van der Waals surface area contributed by atoms with Crippen LogP contribution in [0, 0.1) is 27.8 Å². The Hall–Kier alpha value is -1.80. The van der Waals surface area contributed by atoms with Crippen LogP contribution in [-0.2, 0) is 0 Å². The third-order valence-corrected chi connectivity index (χ3v) is 1.89. The molecule has 0 aliphatic rings. The average molecular weight is 244 g/mol. The standard InChI is InChI=1S/C10H7ClFNO3/c11-4-2-1-3-7-5-9(13(15)16)10(14)6-8(7)12/h5-6,14H,2,4H2. The van der Waals surface area contributed by atoms with Crippen molar-refractivity contribution in [1.29, 1.82) is 0 Å². The number of halogens is 2. The second kappa shape index (κ2) is 5.33. The number of phenolic OH excluding ortho intramolecular Hbond substituents is 1. The van der Waals surface area contributed by atoms with Crippen molar-refractivity contribution in [3.05, 3.63) is 33.6 Å². The minimum Gasteiger partial charge on any atom is -0.502 e. The highest BCUT2D eigenvalue weighted by molar-refractivity contribution is 6.18. The van der Waals surface area contributed by atoms with Crippen LogP contribution in [-0.4, -0.2) is 15.9 Å². The van der Waals surface area contributed by atoms with Crippen LogP contribution in [0.2, 0.25) is 0 Å². The summed E-state index contributed by atoms with van der Waals surface area (Å²) in [5.74, 6) is 3.75. The molecule has 1 aromatic carbocycles. The lowest BCUT2D eigenvalue weighted by Gasteiger charge is -1.98. The van der Waals surface area contributed by atoms with E-state index in [9.17, 15) is 14.5 Å². The summed E-state index contributed by atoms with van der Waals surface area (Å²) in [5.41, 5.74) is -0.703. The molecule has 0 fully saturated rings. The molecule has 0 atom stereocenters. The molecular formula is C10H7ClFNO3. The Kier molecular flexibility index (Phi) is 4.09. The van der Waals surface area contributed by atoms with Crippen molar-refractivity contribution in [1.82, 2.24) is 0 Å². The van der Waals surface area contributed by atoms with Crippen molar-refractivity contribution in [2.45, 2.75) is 6.42 Å². The fraction of sp³-hybridized carbons (Fsp3) is 0.200. The van der Waals surface area contributed by atoms with Crippen LogP contribution in [0.1, 0.15) is 12.0 Å². The first-order valence-electron chi connectivity index (χ1n) is 4.28. The molecule has 0 heterocycles. The highest BCUT2D eigenvalue weighted by Crippen LogP contribution is 2.28. The summed E-state index contributed by atoms with van der Waals surface area (Å²) in [6.45, 7) is 0. The van der Waals surface area contributed by atoms with Crippen LogP contribution in [0.5, 0.6) is 5.75 Å². The topological polar surface area (TPSA) is 63.4 Å². The normalized spacial score (nSPS) is 9.38. The Labute approximate surface area is 95.8 Å². The van der Waals surface area contributed by atoms with Crippen LogP contribution in [0.4, 0.5) is 10.1 Å². The van der Waals surface area contributed by atoms with Gasteiger partial charge in [-0.25, -0.2) is 4.39 Å². The summed E-state index contributed by atoms with van der Waals surface area (Å²) in [6, 6.07) is 1.56. The molecule has 4 nitrogen and oxygen atoms in total. The second-order valence-corrected chi connectivity index (χ2v) is 3.20. The smallest absolute Gasteiger partial charge is 0.312 e. The maximum absolute atomic E-state index is 13.2. The molecule has 0 radical (unpaired) electrons. The summed E-state index contributed by atoms with van der Waals surface area (Å²) in [5, 5.41) is 19.6. The minimum absolute atomic E-state index is 0.130. The maximum atomic E-state index is 13.2. The monoisotopic (exact) mass is 243 g/mol. The van der Waals surface area contributed by atoms with Crippen LogP contribution in [0.3, 0.4) is 0 Å². The van der Waals surface area contributed by atoms with E-state index in [0.717, 1.165) is 6.07 Å². The van der Waals surface area contributed by atoms with Crippen molar-refractivity contribution in [2.24, 2.45) is 0 Å². The third kappa shape index (κ3) is 2.84. The van der Waals surface area contributed by atoms with Crippen molar-refractivity contribution >= 4 is 17.3 Å². The predicted octanol–water partition coefficient (Wildman–Crippen LogP) is 2.42. The molecule has 1 rings (SSSR count). The summed E-state index contributed by atoms with van der Waals surface area (Å²) in [7, 11) is 0. The van der Waals surface area contributed by atoms with Gasteiger partial charge in [0.2, 0.25) is 0 Å². The minimum atomic E-state index is -0.804. The first-order chi connectivity index (χ1) is 7.56. The number of rotatable bonds is 2. The number of nitro benzene ring substituents is 1. The van der Waals surface area contributed by atoms with Crippen LogP contribution in [0.25, 0.3) is 0 Å². The summed E-state index contributed by atoms with van der Waals surface area (Å²) in [4.78, 5) is 9.66. The number of phenols is 1. The van der Waals surface area contributed by atoms with Gasteiger partial charge in [0.05, 0.1) is 10.5 Å². The fourth-order valence-electron chi connectivity index (χ4n) is 0.998. The predicted molar refractivity (Wildman–Crippen MR) is 56.9 cm³/mol. The van der Waals surface area contributed by atoms with E-state index in [2.05, 4.69) is 11.8 Å². The average Bonchev–Trinajstić information content (AvgIpc) is 2.21. The van der Waals surface area contributed by atoms with E-state index in [1.165, 1.54) is 0 Å². The molecule has 0 aromatic heterocycles. The number of aromatic hydroxyl groups is 1. The van der Waals surface area contributed by atoms with Gasteiger partial charge >= 0.3 is 5.69 Å². The van der Waals surface area contributed by atoms with E-state index in [0.29, 0.717) is 18.4 Å². The van der Waals surface area contributed by atoms with Crippen LogP contribution < -0.4 is 0 Å². The lowest BCUT2D eigenvalue weighted by atomic mass is 10.1. The Balaban J connectivity index is 3.16. The van der Waals surface area contributed by atoms with Gasteiger partial charge in [0, 0.05) is 24.4 Å². The second-order valence-electron chi connectivity index (χ2n) is 2.82. The fourth-order valence-corrected chi connectivity index (χ4v) is 1.09. The highest BCUT2D eigenvalue weighted by Gasteiger charge is 2.16. The van der Waals surface area contributed by atoms with Crippen LogP contribution >= 0.6 is 11.6 Å². The van der Waals surface area contributed by atoms with E-state index in [-0.39, 0.29) is 5.56 Å². The van der Waals surface area contributed by atoms with Gasteiger partial charge in [0.1, 0.15) is 5.82 Å². The van der Waals surface area contributed by atoms with E-state index in [4.69, 9.17) is 16.7 Å². The SMILES string of the molecule is O=[N+]([O-])c1cc(C#CCCCl)c(F)cc1O. The quantitative estimate of drug-likeness (QED) is 0.375. The Morgan fingerprint density at radius 2 is 2.25 bits per heavy atom. The zero-order chi connectivity index (χ0) is 12.1. The summed E-state index contributed by atoms with van der Waals surface area (Å²) < 4.78 is 13.2. The van der Waals surface area contributed by atoms with Crippen molar-refractivity contribution in [3.63, 3.8) is 0 Å². The van der Waals surface area contributed by atoms with Gasteiger partial charge in [0.15, 0.2) is 5.75 Å². The summed E-state index contributed by atoms with van der Waals surface area (Å²) in [6.07, 6.45) is 0.357. The van der Waals surface area contributed by atoms with Crippen molar-refractivity contribution in [3.8, 4) is 17.6 Å². The molecule has 0 spiro atoms. The molecule has 1 aromatic rings. The molecular weight excluding hydrogens is 237 g/mol. The molecule has 0 saturated heterocycles. The zero-order valence-corrected chi connectivity index (χ0v) is 8.79. The van der Waals surface area contributed by atoms with Crippen LogP contribution in [0.15, 0.2) is 12.1 Å². The number of benzene rings is 1.